The lowest BCUT2D eigenvalue weighted by atomic mass is 9.76. The molecule has 1 N–H and O–H groups in total. The molecule has 0 bridgehead atoms. The Morgan fingerprint density at radius 2 is 1.88 bits per heavy atom. The first-order chi connectivity index (χ1) is 12.2. The average molecular weight is 377 g/mol. The molecule has 9 heteroatoms. The van der Waals surface area contributed by atoms with E-state index in [2.05, 4.69) is 15.1 Å². The molecule has 0 radical (unpaired) electrons. The second kappa shape index (κ2) is 5.75. The molecule has 140 valence electrons. The zero-order chi connectivity index (χ0) is 18.7. The lowest BCUT2D eigenvalue weighted by molar-refractivity contribution is 0.227. The van der Waals surface area contributed by atoms with Crippen molar-refractivity contribution in [3.05, 3.63) is 39.2 Å². The Kier molecular flexibility index (Phi) is 3.85. The number of aromatic amines is 1. The van der Waals surface area contributed by atoms with Gasteiger partial charge >= 0.3 is 0 Å². The van der Waals surface area contributed by atoms with Crippen molar-refractivity contribution in [1.82, 2.24) is 24.1 Å². The Balaban J connectivity index is 1.63. The van der Waals surface area contributed by atoms with Gasteiger partial charge in [0.2, 0.25) is 0 Å². The monoisotopic (exact) mass is 377 g/mol. The number of H-pyrrole nitrogens is 1. The van der Waals surface area contributed by atoms with E-state index in [4.69, 9.17) is 0 Å². The Bertz CT molecular complexity index is 1010. The molecule has 2 aromatic rings. The fraction of sp³-hybridized carbons (Fsp3) is 0.588. The Morgan fingerprint density at radius 3 is 2.50 bits per heavy atom. The van der Waals surface area contributed by atoms with Gasteiger partial charge < -0.3 is 4.98 Å². The minimum atomic E-state index is -3.57. The number of hydrogen-bond donors (Lipinski definition) is 1. The molecule has 1 aliphatic carbocycles. The number of aryl methyl sites for hydroxylation is 3. The number of piperidine rings is 1. The van der Waals surface area contributed by atoms with Gasteiger partial charge in [0.1, 0.15) is 5.82 Å². The molecule has 2 aromatic heterocycles. The van der Waals surface area contributed by atoms with E-state index in [1.807, 2.05) is 0 Å². The van der Waals surface area contributed by atoms with Gasteiger partial charge in [-0.3, -0.25) is 9.48 Å². The highest BCUT2D eigenvalue weighted by molar-refractivity contribution is 7.89. The van der Waals surface area contributed by atoms with Crippen LogP contribution in [-0.4, -0.2) is 45.6 Å². The third-order valence-electron chi connectivity index (χ3n) is 5.81. The van der Waals surface area contributed by atoms with E-state index in [9.17, 15) is 13.2 Å². The quantitative estimate of drug-likeness (QED) is 0.834. The lowest BCUT2D eigenvalue weighted by Crippen LogP contribution is -2.45. The van der Waals surface area contributed by atoms with E-state index in [-0.39, 0.29) is 16.0 Å². The minimum Gasteiger partial charge on any atom is -0.311 e. The van der Waals surface area contributed by atoms with Crippen LogP contribution in [0.2, 0.25) is 0 Å². The van der Waals surface area contributed by atoms with Gasteiger partial charge in [-0.15, -0.1) is 0 Å². The van der Waals surface area contributed by atoms with Gasteiger partial charge in [-0.2, -0.15) is 9.40 Å². The Morgan fingerprint density at radius 1 is 1.19 bits per heavy atom. The molecule has 1 saturated heterocycles. The second-order valence-corrected chi connectivity index (χ2v) is 9.27. The molecule has 1 spiro atoms. The third kappa shape index (κ3) is 2.44. The fourth-order valence-corrected chi connectivity index (χ4v) is 6.18. The number of rotatable bonds is 2. The van der Waals surface area contributed by atoms with Gasteiger partial charge in [0, 0.05) is 36.7 Å². The summed E-state index contributed by atoms with van der Waals surface area (Å²) in [7, 11) is -1.92. The summed E-state index contributed by atoms with van der Waals surface area (Å²) in [6.45, 7) is 4.41. The molecular formula is C17H23N5O3S. The fourth-order valence-electron chi connectivity index (χ4n) is 4.43. The van der Waals surface area contributed by atoms with Gasteiger partial charge in [0.05, 0.1) is 11.9 Å². The number of sulfonamides is 1. The van der Waals surface area contributed by atoms with Crippen molar-refractivity contribution >= 4 is 10.0 Å². The van der Waals surface area contributed by atoms with Crippen LogP contribution in [0.1, 0.15) is 41.9 Å². The van der Waals surface area contributed by atoms with Crippen molar-refractivity contribution in [3.63, 3.8) is 0 Å². The first kappa shape index (κ1) is 17.4. The van der Waals surface area contributed by atoms with E-state index in [0.717, 1.165) is 17.7 Å². The highest BCUT2D eigenvalue weighted by Crippen LogP contribution is 2.45. The molecule has 4 rings (SSSR count). The summed E-state index contributed by atoms with van der Waals surface area (Å²) in [6.07, 6.45) is 4.52. The zero-order valence-electron chi connectivity index (χ0n) is 15.2. The van der Waals surface area contributed by atoms with Gasteiger partial charge in [-0.25, -0.2) is 13.4 Å². The summed E-state index contributed by atoms with van der Waals surface area (Å²) in [6, 6.07) is 0. The molecule has 0 aromatic carbocycles. The number of nitrogens with one attached hydrogen (secondary N) is 1. The summed E-state index contributed by atoms with van der Waals surface area (Å²) in [5.41, 5.74) is 2.08. The maximum Gasteiger partial charge on any atom is 0.260 e. The molecule has 2 aliphatic rings. The number of hydrogen-bond acceptors (Lipinski definition) is 5. The average Bonchev–Trinajstić information content (AvgIpc) is 3.09. The van der Waals surface area contributed by atoms with Crippen molar-refractivity contribution in [2.45, 2.75) is 50.0 Å². The number of fused-ring (bicyclic) bond motifs is 2. The van der Waals surface area contributed by atoms with Crippen molar-refractivity contribution < 1.29 is 8.42 Å². The van der Waals surface area contributed by atoms with E-state index < -0.39 is 10.0 Å². The number of aromatic nitrogens is 4. The van der Waals surface area contributed by atoms with Gasteiger partial charge in [0.15, 0.2) is 5.03 Å². The van der Waals surface area contributed by atoms with Gasteiger partial charge in [-0.1, -0.05) is 0 Å². The molecule has 26 heavy (non-hydrogen) atoms. The standard InChI is InChI=1S/C17H23N5O3S/c1-11-10-18-21(3)16(11)26(24,25)22-8-6-17(7-9-22)5-4-13-14(17)19-12(2)20-15(13)23/h10H,4-9H2,1-3H3,(H,19,20,23). The summed E-state index contributed by atoms with van der Waals surface area (Å²) < 4.78 is 29.0. The molecule has 8 nitrogen and oxygen atoms in total. The topological polar surface area (TPSA) is 101 Å². The predicted octanol–water partition coefficient (Wildman–Crippen LogP) is 0.789. The van der Waals surface area contributed by atoms with Crippen LogP contribution in [-0.2, 0) is 28.9 Å². The van der Waals surface area contributed by atoms with E-state index in [0.29, 0.717) is 43.7 Å². The van der Waals surface area contributed by atoms with Crippen molar-refractivity contribution in [3.8, 4) is 0 Å². The summed E-state index contributed by atoms with van der Waals surface area (Å²) in [5.74, 6) is 0.621. The molecule has 3 heterocycles. The van der Waals surface area contributed by atoms with Gasteiger partial charge in [0.25, 0.3) is 15.6 Å². The molecule has 0 amide bonds. The summed E-state index contributed by atoms with van der Waals surface area (Å²) >= 11 is 0. The van der Waals surface area contributed by atoms with Crippen molar-refractivity contribution in [2.24, 2.45) is 7.05 Å². The Hall–Kier alpha value is -2.00. The molecule has 0 atom stereocenters. The third-order valence-corrected chi connectivity index (χ3v) is 7.93. The maximum absolute atomic E-state index is 13.0. The number of nitrogens with zero attached hydrogens (tertiary/aromatic N) is 4. The molecular weight excluding hydrogens is 354 g/mol. The highest BCUT2D eigenvalue weighted by Gasteiger charge is 2.46. The smallest absolute Gasteiger partial charge is 0.260 e. The summed E-state index contributed by atoms with van der Waals surface area (Å²) in [4.78, 5) is 19.6. The van der Waals surface area contributed by atoms with Gasteiger partial charge in [-0.05, 0) is 39.5 Å². The van der Waals surface area contributed by atoms with Crippen LogP contribution in [0.25, 0.3) is 0 Å². The van der Waals surface area contributed by atoms with Crippen molar-refractivity contribution in [2.75, 3.05) is 13.1 Å². The minimum absolute atomic E-state index is 0.0510. The first-order valence-corrected chi connectivity index (χ1v) is 10.3. The van der Waals surface area contributed by atoms with Crippen molar-refractivity contribution in [1.29, 1.82) is 0 Å². The van der Waals surface area contributed by atoms with Crippen LogP contribution < -0.4 is 5.56 Å². The van der Waals surface area contributed by atoms with Crippen LogP contribution in [0.15, 0.2) is 16.0 Å². The molecule has 1 aliphatic heterocycles. The highest BCUT2D eigenvalue weighted by atomic mass is 32.2. The summed E-state index contributed by atoms with van der Waals surface area (Å²) in [5, 5.41) is 4.32. The predicted molar refractivity (Wildman–Crippen MR) is 95.5 cm³/mol. The van der Waals surface area contributed by atoms with Crippen LogP contribution in [0.3, 0.4) is 0 Å². The normalized spacial score (nSPS) is 19.8. The molecule has 0 saturated carbocycles. The van der Waals surface area contributed by atoms with E-state index >= 15 is 0 Å². The maximum atomic E-state index is 13.0. The van der Waals surface area contributed by atoms with Crippen LogP contribution in [0, 0.1) is 13.8 Å². The Labute approximate surface area is 152 Å². The van der Waals surface area contributed by atoms with Crippen LogP contribution in [0.5, 0.6) is 0 Å². The molecule has 1 fully saturated rings. The second-order valence-electron chi connectivity index (χ2n) is 7.42. The molecule has 0 unspecified atom stereocenters. The first-order valence-electron chi connectivity index (χ1n) is 8.84. The zero-order valence-corrected chi connectivity index (χ0v) is 16.1. The lowest BCUT2D eigenvalue weighted by Gasteiger charge is -2.38. The largest absolute Gasteiger partial charge is 0.311 e. The van der Waals surface area contributed by atoms with E-state index in [1.54, 1.807) is 31.4 Å². The SMILES string of the molecule is Cc1nc2c(c(=O)[nH]1)CCC21CCN(S(=O)(=O)c2c(C)cnn2C)CC1. The van der Waals surface area contributed by atoms with E-state index in [1.165, 1.54) is 4.68 Å². The van der Waals surface area contributed by atoms with Crippen LogP contribution in [0.4, 0.5) is 0 Å². The van der Waals surface area contributed by atoms with Crippen LogP contribution >= 0.6 is 0 Å².